The van der Waals surface area contributed by atoms with Crippen LogP contribution in [0.25, 0.3) is 38.1 Å². The highest BCUT2D eigenvalue weighted by atomic mass is 16.1. The summed E-state index contributed by atoms with van der Waals surface area (Å²) >= 11 is 0. The lowest BCUT2D eigenvalue weighted by atomic mass is 9.33. The third-order valence-corrected chi connectivity index (χ3v) is 9.20. The summed E-state index contributed by atoms with van der Waals surface area (Å²) in [5.41, 5.74) is -14.6. The van der Waals surface area contributed by atoms with Crippen molar-refractivity contribution in [2.75, 3.05) is 4.90 Å². The smallest absolute Gasteiger partial charge is 0.247 e. The average Bonchev–Trinajstić information content (AvgIpc) is 1.12. The Labute approximate surface area is 349 Å². The van der Waals surface area contributed by atoms with Crippen molar-refractivity contribution in [1.29, 1.82) is 0 Å². The van der Waals surface area contributed by atoms with Gasteiger partial charge < -0.3 is 9.30 Å². The van der Waals surface area contributed by atoms with Gasteiger partial charge in [0.2, 0.25) is 6.71 Å². The Kier molecular flexibility index (Phi) is 2.93. The number of anilines is 3. The van der Waals surface area contributed by atoms with Gasteiger partial charge in [-0.1, -0.05) is 119 Å². The van der Waals surface area contributed by atoms with Gasteiger partial charge in [0.15, 0.2) is 10.9 Å². The monoisotopic (exact) mass is 709 g/mol. The van der Waals surface area contributed by atoms with E-state index in [9.17, 15) is 17.1 Å². The van der Waals surface area contributed by atoms with Crippen LogP contribution in [-0.4, -0.2) is 11.1 Å². The molecule has 0 saturated heterocycles. The van der Waals surface area contributed by atoms with Crippen molar-refractivity contribution in [2.24, 2.45) is 0 Å². The standard InChI is InChI=1S/C47H41BN2O2/c1-27(2)30-23-35(28(3)4)44(36(24-30)29(5)6)48-38-20-11-13-22-41(38)49(31-15-8-7-9-16-31)43-26-42-37(25-39(43)48)47(52)34-19-14-18-33-45(34)50(42)40-21-12-10-17-32(40)46(33)51/h7-29H,1-6H3/i1D3,2D3,3D3,5D3,7D,8D,9D,10D,11D,12D,13D,14D,15D,16D,17D,18D,19D,20D,21D,22D,26D,27D,28D,29D. The second-order valence-electron chi connectivity index (χ2n) is 12.1. The minimum Gasteiger partial charge on any atom is -0.311 e. The maximum atomic E-state index is 15.7. The predicted molar refractivity (Wildman–Crippen MR) is 222 cm³/mol. The van der Waals surface area contributed by atoms with Gasteiger partial charge in [0.05, 0.1) is 39.9 Å². The van der Waals surface area contributed by atoms with E-state index in [4.69, 9.17) is 31.5 Å². The number of hydrogen-bond donors (Lipinski definition) is 0. The Morgan fingerprint density at radius 1 is 0.615 bits per heavy atom. The molecule has 0 spiro atoms. The van der Waals surface area contributed by atoms with E-state index >= 15 is 4.79 Å². The van der Waals surface area contributed by atoms with Crippen LogP contribution in [0.2, 0.25) is 0 Å². The summed E-state index contributed by atoms with van der Waals surface area (Å²) in [5, 5.41) is -3.62. The van der Waals surface area contributed by atoms with E-state index in [1.165, 1.54) is 0 Å². The zero-order chi connectivity index (χ0) is 63.6. The molecule has 0 aliphatic carbocycles. The molecular formula is C47H41BN2O2. The first-order valence-electron chi connectivity index (χ1n) is 31.6. The van der Waals surface area contributed by atoms with Crippen molar-refractivity contribution in [3.05, 3.63) is 158 Å². The van der Waals surface area contributed by atoms with E-state index in [2.05, 4.69) is 0 Å². The fourth-order valence-electron chi connectivity index (χ4n) is 7.06. The molecule has 2 atom stereocenters. The van der Waals surface area contributed by atoms with Gasteiger partial charge in [-0.2, -0.15) is 0 Å². The first kappa shape index (κ1) is 12.8. The highest BCUT2D eigenvalue weighted by molar-refractivity contribution is 6.98. The largest absolute Gasteiger partial charge is 0.311 e. The van der Waals surface area contributed by atoms with E-state index < -0.39 is 254 Å². The number of fused-ring (bicyclic) bond motifs is 6. The van der Waals surface area contributed by atoms with Crippen LogP contribution in [0.1, 0.15) is 119 Å². The first-order chi connectivity index (χ1) is 38.1. The van der Waals surface area contributed by atoms with Crippen LogP contribution >= 0.6 is 0 Å². The van der Waals surface area contributed by atoms with E-state index in [1.807, 2.05) is 0 Å². The van der Waals surface area contributed by atoms with E-state index in [-0.39, 0.29) is 0 Å². The molecule has 8 aromatic rings. The van der Waals surface area contributed by atoms with Gasteiger partial charge in [-0.25, -0.2) is 0 Å². The molecule has 3 heterocycles. The maximum absolute atomic E-state index is 15.7. The number of benzene rings is 6. The predicted octanol–water partition coefficient (Wildman–Crippen LogP) is 9.23. The Balaban J connectivity index is 1.74. The fourth-order valence-corrected chi connectivity index (χ4v) is 7.06. The van der Waals surface area contributed by atoms with Gasteiger partial charge in [0, 0.05) is 59.2 Å². The molecule has 2 unspecified atom stereocenters. The van der Waals surface area contributed by atoms with Crippen LogP contribution in [0.15, 0.2) is 131 Å². The zero-order valence-electron chi connectivity index (χ0n) is 59.0. The first-order valence-corrected chi connectivity index (χ1v) is 15.6. The number of rotatable bonds is 5. The lowest BCUT2D eigenvalue weighted by Crippen LogP contribution is -2.59. The summed E-state index contributed by atoms with van der Waals surface area (Å²) in [4.78, 5) is 30.9. The molecule has 52 heavy (non-hydrogen) atoms. The average molecular weight is 709 g/mol. The molecule has 4 nitrogen and oxygen atoms in total. The van der Waals surface area contributed by atoms with Crippen LogP contribution in [-0.2, 0) is 0 Å². The maximum Gasteiger partial charge on any atom is 0.247 e. The molecule has 254 valence electrons. The van der Waals surface area contributed by atoms with Gasteiger partial charge in [-0.05, 0) is 93.6 Å². The third-order valence-electron chi connectivity index (χ3n) is 9.20. The molecule has 9 rings (SSSR count). The topological polar surface area (TPSA) is 41.8 Å². The highest BCUT2D eigenvalue weighted by Crippen LogP contribution is 2.39. The molecule has 0 amide bonds. The van der Waals surface area contributed by atoms with Gasteiger partial charge in [0.1, 0.15) is 0 Å². The Morgan fingerprint density at radius 2 is 1.23 bits per heavy atom. The van der Waals surface area contributed by atoms with Crippen molar-refractivity contribution in [1.82, 2.24) is 4.40 Å². The minimum absolute atomic E-state index is 0.463. The molecule has 0 saturated carbocycles. The summed E-state index contributed by atoms with van der Waals surface area (Å²) in [6.45, 7) is -16.5. The van der Waals surface area contributed by atoms with Crippen LogP contribution < -0.4 is 32.1 Å². The van der Waals surface area contributed by atoms with Crippen LogP contribution in [0, 0.1) is 0 Å². The normalized spacial score (nSPS) is 25.3. The lowest BCUT2D eigenvalue weighted by Gasteiger charge is -2.39. The third kappa shape index (κ3) is 4.61. The molecule has 5 heteroatoms. The summed E-state index contributed by atoms with van der Waals surface area (Å²) in [6.07, 6.45) is 0. The van der Waals surface area contributed by atoms with Crippen molar-refractivity contribution in [3.63, 3.8) is 0 Å². The van der Waals surface area contributed by atoms with Crippen LogP contribution in [0.4, 0.5) is 17.1 Å². The summed E-state index contributed by atoms with van der Waals surface area (Å²) in [6, 6.07) is -17.2. The van der Waals surface area contributed by atoms with E-state index in [1.54, 1.807) is 0 Å². The number of pyridine rings is 2. The summed E-state index contributed by atoms with van der Waals surface area (Å²) in [7, 11) is 0. The number of nitrogens with zero attached hydrogens (tertiary/aromatic N) is 2. The minimum atomic E-state index is -3.95. The van der Waals surface area contributed by atoms with Crippen molar-refractivity contribution in [2.45, 2.75) is 58.9 Å². The lowest BCUT2D eigenvalue weighted by molar-refractivity contribution is 0.812. The SMILES string of the molecule is [2H]c1c([2H])c([2H])c(N2c3c([2H])c([2H])c([2H])c([2H])c3B(c3c(C([2H])(C)C([2H])([2H])[2H])cc(C([2H])(C([2H])([2H])[2H])C([2H])([2H])[2H])cc3C([2H])(C)C([2H])([2H])[2H])c3cc4c(=O)c5c([2H])c([2H])c([2H])c6c(=O)c7c([2H])c([2H])c([2H])c([2H])c7n(c4c([2H])c32)c56)c([2H])c1[2H]. The van der Waals surface area contributed by atoms with E-state index in [0.717, 1.165) is 6.07 Å². The second kappa shape index (κ2) is 11.9. The van der Waals surface area contributed by atoms with Crippen molar-refractivity contribution < 1.29 is 43.9 Å². The highest BCUT2D eigenvalue weighted by Gasteiger charge is 2.39. The Morgan fingerprint density at radius 3 is 1.94 bits per heavy atom. The number of hydrogen-bond acceptors (Lipinski definition) is 3. The number of aromatic nitrogens is 1. The van der Waals surface area contributed by atoms with Crippen molar-refractivity contribution >= 4 is 78.3 Å². The van der Waals surface area contributed by atoms with E-state index in [0.29, 0.717) is 35.3 Å². The van der Waals surface area contributed by atoms with Gasteiger partial charge in [-0.3, -0.25) is 9.59 Å². The molecule has 6 aromatic carbocycles. The molecule has 1 aliphatic heterocycles. The van der Waals surface area contributed by atoms with Gasteiger partial charge in [-0.15, -0.1) is 0 Å². The Bertz CT molecular complexity index is 4340. The van der Waals surface area contributed by atoms with Crippen LogP contribution in [0.3, 0.4) is 0 Å². The van der Waals surface area contributed by atoms with Gasteiger partial charge in [0.25, 0.3) is 0 Å². The molecule has 0 N–H and O–H groups in total. The summed E-state index contributed by atoms with van der Waals surface area (Å²) < 4.78 is 288. The second-order valence-corrected chi connectivity index (χ2v) is 12.1. The molecule has 0 radical (unpaired) electrons. The number of para-hydroxylation sites is 4. The quantitative estimate of drug-likeness (QED) is 0.102. The molecule has 1 aliphatic rings. The molecule has 0 bridgehead atoms. The zero-order valence-corrected chi connectivity index (χ0v) is 27.0. The fraction of sp³-hybridized carbons (Fsp3) is 0.191. The summed E-state index contributed by atoms with van der Waals surface area (Å²) in [5.74, 6) is -10.6. The van der Waals surface area contributed by atoms with Crippen LogP contribution in [0.5, 0.6) is 0 Å². The molecule has 2 aromatic heterocycles. The Hall–Kier alpha value is -5.68. The van der Waals surface area contributed by atoms with Crippen molar-refractivity contribution in [3.8, 4) is 0 Å². The molecular weight excluding hydrogens is 635 g/mol. The molecule has 0 fully saturated rings. The van der Waals surface area contributed by atoms with Gasteiger partial charge >= 0.3 is 0 Å².